The van der Waals surface area contributed by atoms with Gasteiger partial charge in [-0.15, -0.1) is 10.2 Å². The molecule has 1 unspecified atom stereocenters. The average molecular weight is 484 g/mol. The maximum absolute atomic E-state index is 12.5. The molecule has 0 aliphatic carbocycles. The summed E-state index contributed by atoms with van der Waals surface area (Å²) >= 11 is 13.7. The Bertz CT molecular complexity index is 891. The van der Waals surface area contributed by atoms with Crippen molar-refractivity contribution in [3.05, 3.63) is 28.2 Å². The summed E-state index contributed by atoms with van der Waals surface area (Å²) in [6, 6.07) is 5.13. The van der Waals surface area contributed by atoms with Crippen molar-refractivity contribution in [3.8, 4) is 0 Å². The lowest BCUT2D eigenvalue weighted by Gasteiger charge is -2.31. The first kappa shape index (κ1) is 22.7. The summed E-state index contributed by atoms with van der Waals surface area (Å²) in [6.07, 6.45) is 4.57. The van der Waals surface area contributed by atoms with Crippen LogP contribution in [0.25, 0.3) is 0 Å². The first-order valence-electron chi connectivity index (χ1n) is 10.7. The van der Waals surface area contributed by atoms with Crippen LogP contribution < -0.4 is 10.2 Å². The molecule has 2 aliphatic rings. The lowest BCUT2D eigenvalue weighted by atomic mass is 10.00. The van der Waals surface area contributed by atoms with Gasteiger partial charge in [0.2, 0.25) is 11.9 Å². The number of carbonyl (C=O) groups excluding carboxylic acids is 1. The third-order valence-electron chi connectivity index (χ3n) is 5.73. The van der Waals surface area contributed by atoms with Gasteiger partial charge in [0.1, 0.15) is 0 Å². The zero-order valence-electron chi connectivity index (χ0n) is 17.5. The van der Waals surface area contributed by atoms with Crippen molar-refractivity contribution >= 4 is 52.5 Å². The van der Waals surface area contributed by atoms with Crippen molar-refractivity contribution in [1.82, 2.24) is 14.8 Å². The molecule has 31 heavy (non-hydrogen) atoms. The average Bonchev–Trinajstić information content (AvgIpc) is 3.41. The van der Waals surface area contributed by atoms with Crippen molar-refractivity contribution in [2.75, 3.05) is 35.7 Å². The fourth-order valence-electron chi connectivity index (χ4n) is 3.90. The van der Waals surface area contributed by atoms with Gasteiger partial charge in [-0.05, 0) is 43.7 Å². The minimum atomic E-state index is -0.194. The lowest BCUT2D eigenvalue weighted by Crippen LogP contribution is -2.35. The molecule has 4 rings (SSSR count). The second-order valence-corrected chi connectivity index (χ2v) is 9.89. The van der Waals surface area contributed by atoms with Crippen LogP contribution in [-0.4, -0.2) is 52.2 Å². The Morgan fingerprint density at radius 3 is 2.65 bits per heavy atom. The van der Waals surface area contributed by atoms with Crippen LogP contribution in [0.4, 0.5) is 11.6 Å². The number of piperidine rings is 1. The summed E-state index contributed by atoms with van der Waals surface area (Å²) < 4.78 is 7.98. The van der Waals surface area contributed by atoms with Gasteiger partial charge in [0.05, 0.1) is 34.1 Å². The summed E-state index contributed by atoms with van der Waals surface area (Å²) in [6.45, 7) is 5.74. The molecule has 0 saturated carbocycles. The van der Waals surface area contributed by atoms with Gasteiger partial charge in [0.25, 0.3) is 0 Å². The minimum Gasteiger partial charge on any atom is -0.376 e. The predicted octanol–water partition coefficient (Wildman–Crippen LogP) is 4.73. The molecule has 2 fully saturated rings. The van der Waals surface area contributed by atoms with Gasteiger partial charge >= 0.3 is 0 Å². The number of hydrogen-bond acceptors (Lipinski definition) is 6. The van der Waals surface area contributed by atoms with E-state index in [4.69, 9.17) is 27.9 Å². The standard InChI is InChI=1S/C21H27Cl2N5O2S/c1-14-7-9-27(10-8-14)20-25-26-21(28(20)12-15-4-3-11-30-15)31-13-18(29)24-19-16(22)5-2-6-17(19)23/h2,5-6,14-15H,3-4,7-13H2,1H3,(H,24,29). The molecule has 2 saturated heterocycles. The van der Waals surface area contributed by atoms with Crippen molar-refractivity contribution in [3.63, 3.8) is 0 Å². The highest BCUT2D eigenvalue weighted by Gasteiger charge is 2.26. The number of ether oxygens (including phenoxy) is 1. The third kappa shape index (κ3) is 5.66. The van der Waals surface area contributed by atoms with E-state index in [0.717, 1.165) is 62.4 Å². The number of nitrogens with zero attached hydrogens (tertiary/aromatic N) is 4. The number of hydrogen-bond donors (Lipinski definition) is 1. The van der Waals surface area contributed by atoms with E-state index >= 15 is 0 Å². The van der Waals surface area contributed by atoms with Crippen LogP contribution in [0.1, 0.15) is 32.6 Å². The fraction of sp³-hybridized carbons (Fsp3) is 0.571. The molecule has 1 aromatic heterocycles. The molecule has 1 atom stereocenters. The minimum absolute atomic E-state index is 0.161. The van der Waals surface area contributed by atoms with Crippen LogP contribution >= 0.6 is 35.0 Å². The SMILES string of the molecule is CC1CCN(c2nnc(SCC(=O)Nc3c(Cl)cccc3Cl)n2CC2CCCO2)CC1. The molecule has 0 radical (unpaired) electrons. The molecule has 0 spiro atoms. The van der Waals surface area contributed by atoms with E-state index in [0.29, 0.717) is 22.3 Å². The number of para-hydroxylation sites is 1. The van der Waals surface area contributed by atoms with Crippen LogP contribution in [0.5, 0.6) is 0 Å². The van der Waals surface area contributed by atoms with Gasteiger partial charge in [0.15, 0.2) is 5.16 Å². The van der Waals surface area contributed by atoms with Crippen molar-refractivity contribution in [1.29, 1.82) is 0 Å². The van der Waals surface area contributed by atoms with E-state index in [9.17, 15) is 4.79 Å². The van der Waals surface area contributed by atoms with Crippen LogP contribution in [0.3, 0.4) is 0 Å². The molecule has 10 heteroatoms. The molecule has 1 aromatic carbocycles. The molecular formula is C21H27Cl2N5O2S. The number of aromatic nitrogens is 3. The lowest BCUT2D eigenvalue weighted by molar-refractivity contribution is -0.113. The normalized spacial score (nSPS) is 19.7. The molecular weight excluding hydrogens is 457 g/mol. The Kier molecular flexibility index (Phi) is 7.63. The van der Waals surface area contributed by atoms with Crippen molar-refractivity contribution < 1.29 is 9.53 Å². The molecule has 168 valence electrons. The van der Waals surface area contributed by atoms with Crippen LogP contribution in [0, 0.1) is 5.92 Å². The van der Waals surface area contributed by atoms with E-state index in [-0.39, 0.29) is 17.8 Å². The Labute approximate surface area is 196 Å². The Balaban J connectivity index is 1.46. The second kappa shape index (κ2) is 10.4. The smallest absolute Gasteiger partial charge is 0.234 e. The Morgan fingerprint density at radius 2 is 1.97 bits per heavy atom. The number of rotatable bonds is 7. The van der Waals surface area contributed by atoms with Gasteiger partial charge in [-0.1, -0.05) is 48.0 Å². The highest BCUT2D eigenvalue weighted by atomic mass is 35.5. The Hall–Kier alpha value is -1.48. The molecule has 7 nitrogen and oxygen atoms in total. The predicted molar refractivity (Wildman–Crippen MR) is 125 cm³/mol. The fourth-order valence-corrected chi connectivity index (χ4v) is 5.14. The van der Waals surface area contributed by atoms with Gasteiger partial charge < -0.3 is 15.0 Å². The number of halogens is 2. The zero-order valence-corrected chi connectivity index (χ0v) is 19.8. The molecule has 2 aliphatic heterocycles. The summed E-state index contributed by atoms with van der Waals surface area (Å²) in [7, 11) is 0. The largest absolute Gasteiger partial charge is 0.376 e. The van der Waals surface area contributed by atoms with E-state index in [2.05, 4.69) is 31.9 Å². The van der Waals surface area contributed by atoms with Gasteiger partial charge in [-0.3, -0.25) is 9.36 Å². The van der Waals surface area contributed by atoms with Gasteiger partial charge in [0, 0.05) is 19.7 Å². The third-order valence-corrected chi connectivity index (χ3v) is 7.33. The quantitative estimate of drug-likeness (QED) is 0.573. The number of thioether (sulfide) groups is 1. The molecule has 3 heterocycles. The number of amides is 1. The second-order valence-electron chi connectivity index (χ2n) is 8.13. The van der Waals surface area contributed by atoms with Crippen LogP contribution in [0.15, 0.2) is 23.4 Å². The first-order chi connectivity index (χ1) is 15.0. The van der Waals surface area contributed by atoms with E-state index in [1.54, 1.807) is 18.2 Å². The molecule has 1 amide bonds. The summed E-state index contributed by atoms with van der Waals surface area (Å²) in [5.74, 6) is 1.60. The highest BCUT2D eigenvalue weighted by Crippen LogP contribution is 2.31. The first-order valence-corrected chi connectivity index (χ1v) is 12.4. The van der Waals surface area contributed by atoms with E-state index < -0.39 is 0 Å². The Morgan fingerprint density at radius 1 is 1.23 bits per heavy atom. The maximum atomic E-state index is 12.5. The van der Waals surface area contributed by atoms with Crippen molar-refractivity contribution in [2.45, 2.75) is 50.4 Å². The van der Waals surface area contributed by atoms with Crippen LogP contribution in [-0.2, 0) is 16.1 Å². The monoisotopic (exact) mass is 483 g/mol. The number of anilines is 2. The highest BCUT2D eigenvalue weighted by molar-refractivity contribution is 7.99. The summed E-state index contributed by atoms with van der Waals surface area (Å²) in [5, 5.41) is 13.2. The molecule has 0 bridgehead atoms. The van der Waals surface area contributed by atoms with E-state index in [1.807, 2.05) is 0 Å². The van der Waals surface area contributed by atoms with Gasteiger partial charge in [-0.25, -0.2) is 0 Å². The summed E-state index contributed by atoms with van der Waals surface area (Å²) in [4.78, 5) is 14.9. The van der Waals surface area contributed by atoms with Gasteiger partial charge in [-0.2, -0.15) is 0 Å². The number of benzene rings is 1. The molecule has 2 aromatic rings. The summed E-state index contributed by atoms with van der Waals surface area (Å²) in [5.41, 5.74) is 0.431. The van der Waals surface area contributed by atoms with E-state index in [1.165, 1.54) is 11.8 Å². The maximum Gasteiger partial charge on any atom is 0.234 e. The van der Waals surface area contributed by atoms with Crippen LogP contribution in [0.2, 0.25) is 10.0 Å². The molecule has 1 N–H and O–H groups in total. The number of nitrogens with one attached hydrogen (secondary N) is 1. The zero-order chi connectivity index (χ0) is 21.8. The number of carbonyl (C=O) groups is 1. The topological polar surface area (TPSA) is 72.3 Å². The van der Waals surface area contributed by atoms with Crippen molar-refractivity contribution in [2.24, 2.45) is 5.92 Å².